The Morgan fingerprint density at radius 3 is 2.43 bits per heavy atom. The van der Waals surface area contributed by atoms with Crippen LogP contribution in [0.4, 0.5) is 5.69 Å². The third-order valence-corrected chi connectivity index (χ3v) is 11.4. The van der Waals surface area contributed by atoms with Crippen LogP contribution in [0.25, 0.3) is 11.1 Å². The van der Waals surface area contributed by atoms with Crippen molar-refractivity contribution in [1.29, 1.82) is 0 Å². The van der Waals surface area contributed by atoms with Gasteiger partial charge in [-0.1, -0.05) is 39.0 Å². The van der Waals surface area contributed by atoms with Crippen molar-refractivity contribution < 1.29 is 19.5 Å². The molecule has 8 atom stereocenters. The lowest BCUT2D eigenvalue weighted by atomic mass is 9.45. The molecule has 0 radical (unpaired) electrons. The van der Waals surface area contributed by atoms with Crippen molar-refractivity contribution in [3.05, 3.63) is 53.1 Å². The Balaban J connectivity index is 1.46. The number of hydrogen-bond acceptors (Lipinski definition) is 7. The Morgan fingerprint density at radius 2 is 1.85 bits per heavy atom. The number of benzene rings is 2. The second-order valence-corrected chi connectivity index (χ2v) is 15.1. The number of hydroxylamine groups is 2. The lowest BCUT2D eigenvalue weighted by Gasteiger charge is -2.62. The molecular formula is C37H55N5O4. The first-order valence-electron chi connectivity index (χ1n) is 16.8. The van der Waals surface area contributed by atoms with Crippen LogP contribution in [0.3, 0.4) is 0 Å². The number of aliphatic hydroxyl groups excluding tert-OH is 1. The number of nitrogens with one attached hydrogen (secondary N) is 2. The van der Waals surface area contributed by atoms with Crippen molar-refractivity contribution in [1.82, 2.24) is 20.6 Å². The largest absolute Gasteiger partial charge is 0.393 e. The number of anilines is 1. The normalized spacial score (nSPS) is 29.3. The van der Waals surface area contributed by atoms with Gasteiger partial charge in [-0.15, -0.1) is 0 Å². The van der Waals surface area contributed by atoms with E-state index in [0.717, 1.165) is 34.4 Å². The Morgan fingerprint density at radius 1 is 1.13 bits per heavy atom. The van der Waals surface area contributed by atoms with Crippen LogP contribution in [0.1, 0.15) is 62.0 Å². The summed E-state index contributed by atoms with van der Waals surface area (Å²) in [7, 11) is 9.54. The molecule has 2 amide bonds. The van der Waals surface area contributed by atoms with Gasteiger partial charge in [-0.3, -0.25) is 14.4 Å². The minimum Gasteiger partial charge on any atom is -0.393 e. The fraction of sp³-hybridized carbons (Fsp3) is 0.622. The van der Waals surface area contributed by atoms with Crippen molar-refractivity contribution in [2.24, 2.45) is 29.1 Å². The molecule has 9 heteroatoms. The van der Waals surface area contributed by atoms with Gasteiger partial charge in [-0.05, 0) is 104 Å². The first-order chi connectivity index (χ1) is 21.6. The molecule has 1 heterocycles. The van der Waals surface area contributed by atoms with Crippen LogP contribution < -0.4 is 15.5 Å². The highest BCUT2D eigenvalue weighted by Gasteiger charge is 2.57. The second-order valence-electron chi connectivity index (χ2n) is 15.1. The van der Waals surface area contributed by atoms with E-state index < -0.39 is 12.1 Å². The van der Waals surface area contributed by atoms with Gasteiger partial charge < -0.3 is 25.5 Å². The van der Waals surface area contributed by atoms with Crippen LogP contribution in [0, 0.1) is 36.0 Å². The highest BCUT2D eigenvalue weighted by Crippen LogP contribution is 2.61. The zero-order valence-electron chi connectivity index (χ0n) is 29.4. The highest BCUT2D eigenvalue weighted by atomic mass is 16.7. The average Bonchev–Trinajstić information content (AvgIpc) is 3.35. The maximum atomic E-state index is 14.3. The molecule has 9 nitrogen and oxygen atoms in total. The van der Waals surface area contributed by atoms with E-state index >= 15 is 0 Å². The van der Waals surface area contributed by atoms with E-state index in [4.69, 9.17) is 4.84 Å². The number of hydrogen-bond donors (Lipinski definition) is 3. The molecule has 0 unspecified atom stereocenters. The summed E-state index contributed by atoms with van der Waals surface area (Å²) in [6.07, 6.45) is 1.18. The zero-order valence-corrected chi connectivity index (χ0v) is 29.4. The molecule has 4 fully saturated rings. The fourth-order valence-electron chi connectivity index (χ4n) is 8.48. The summed E-state index contributed by atoms with van der Waals surface area (Å²) in [5.41, 5.74) is 5.90. The molecule has 46 heavy (non-hydrogen) atoms. The number of fused-ring (bicyclic) bond motifs is 2. The quantitative estimate of drug-likeness (QED) is 0.359. The van der Waals surface area contributed by atoms with Crippen LogP contribution in [-0.2, 0) is 16.2 Å². The van der Waals surface area contributed by atoms with Crippen LogP contribution in [0.5, 0.6) is 0 Å². The summed E-state index contributed by atoms with van der Waals surface area (Å²) in [4.78, 5) is 37.6. The van der Waals surface area contributed by atoms with Crippen molar-refractivity contribution >= 4 is 17.5 Å². The molecule has 2 aromatic rings. The summed E-state index contributed by atoms with van der Waals surface area (Å²) < 4.78 is 0. The van der Waals surface area contributed by atoms with E-state index in [9.17, 15) is 14.7 Å². The smallest absolute Gasteiger partial charge is 0.251 e. The monoisotopic (exact) mass is 633 g/mol. The van der Waals surface area contributed by atoms with Gasteiger partial charge in [0.1, 0.15) is 6.04 Å². The Bertz CT molecular complexity index is 1440. The number of carbonyl (C=O) groups is 2. The van der Waals surface area contributed by atoms with E-state index in [2.05, 4.69) is 56.5 Å². The van der Waals surface area contributed by atoms with Gasteiger partial charge in [0.2, 0.25) is 5.91 Å². The maximum absolute atomic E-state index is 14.3. The molecule has 0 spiro atoms. The summed E-state index contributed by atoms with van der Waals surface area (Å²) in [5.74, 6) is 1.06. The van der Waals surface area contributed by atoms with Gasteiger partial charge in [0.15, 0.2) is 0 Å². The lowest BCUT2D eigenvalue weighted by molar-refractivity contribution is -0.179. The van der Waals surface area contributed by atoms with E-state index in [-0.39, 0.29) is 29.9 Å². The molecular weight excluding hydrogens is 578 g/mol. The number of aliphatic hydroxyl groups is 1. The lowest BCUT2D eigenvalue weighted by Crippen LogP contribution is -2.62. The summed E-state index contributed by atoms with van der Waals surface area (Å²) in [6.45, 7) is 11.9. The Labute approximate surface area is 275 Å². The van der Waals surface area contributed by atoms with Gasteiger partial charge in [0, 0.05) is 50.9 Å². The number of likely N-dealkylation sites (N-methyl/N-ethyl adjacent to an activating group) is 1. The van der Waals surface area contributed by atoms with Crippen molar-refractivity contribution in [3.8, 4) is 11.1 Å². The number of carbonyl (C=O) groups excluding carboxylic acids is 2. The summed E-state index contributed by atoms with van der Waals surface area (Å²) in [6, 6.07) is 11.6. The zero-order chi connectivity index (χ0) is 33.7. The predicted molar refractivity (Wildman–Crippen MR) is 183 cm³/mol. The third kappa shape index (κ3) is 6.44. The minimum atomic E-state index is -0.730. The number of nitrogens with zero attached hydrogens (tertiary/aromatic N) is 3. The molecule has 1 aliphatic heterocycles. The van der Waals surface area contributed by atoms with Gasteiger partial charge in [0.05, 0.1) is 18.8 Å². The van der Waals surface area contributed by atoms with Crippen molar-refractivity contribution in [2.75, 3.05) is 46.7 Å². The highest BCUT2D eigenvalue weighted by molar-refractivity contribution is 5.96. The van der Waals surface area contributed by atoms with Crippen LogP contribution in [-0.4, -0.2) is 93.0 Å². The van der Waals surface area contributed by atoms with Crippen LogP contribution in [0.2, 0.25) is 0 Å². The van der Waals surface area contributed by atoms with Crippen LogP contribution in [0.15, 0.2) is 36.4 Å². The molecule has 2 bridgehead atoms. The SMILES string of the molecule is CNC(=O)c1cc(-c2cccc(CN3O[C@@H](CN(C)C)[C@@H]([C@H](C)O)[C@H]3C(=O)N[C@H]3C[C@H]4C[C@@H]([C@@H]3C)C4(C)C)c2C)cc(N(C)C)c1. The average molecular weight is 634 g/mol. The first-order valence-corrected chi connectivity index (χ1v) is 16.8. The molecule has 1 saturated heterocycles. The van der Waals surface area contributed by atoms with Gasteiger partial charge in [-0.25, -0.2) is 0 Å². The molecule has 3 aliphatic carbocycles. The van der Waals surface area contributed by atoms with E-state index in [1.54, 1.807) is 14.0 Å². The molecule has 3 saturated carbocycles. The van der Waals surface area contributed by atoms with E-state index in [1.165, 1.54) is 6.42 Å². The second kappa shape index (κ2) is 13.3. The van der Waals surface area contributed by atoms with Crippen LogP contribution >= 0.6 is 0 Å². The molecule has 6 rings (SSSR count). The molecule has 252 valence electrons. The van der Waals surface area contributed by atoms with E-state index in [0.29, 0.717) is 41.8 Å². The van der Waals surface area contributed by atoms with Gasteiger partial charge in [0.25, 0.3) is 5.91 Å². The molecule has 2 aromatic carbocycles. The van der Waals surface area contributed by atoms with Gasteiger partial charge >= 0.3 is 0 Å². The van der Waals surface area contributed by atoms with Gasteiger partial charge in [-0.2, -0.15) is 5.06 Å². The van der Waals surface area contributed by atoms with E-state index in [1.807, 2.05) is 61.3 Å². The molecule has 0 aromatic heterocycles. The fourth-order valence-corrected chi connectivity index (χ4v) is 8.48. The Hall–Kier alpha value is -2.98. The number of amides is 2. The number of rotatable bonds is 10. The van der Waals surface area contributed by atoms with Crippen molar-refractivity contribution in [2.45, 2.75) is 78.3 Å². The first kappa shape index (κ1) is 34.4. The molecule has 3 N–H and O–H groups in total. The Kier molecular flexibility index (Phi) is 9.90. The minimum absolute atomic E-state index is 0.0641. The summed E-state index contributed by atoms with van der Waals surface area (Å²) in [5, 5.41) is 19.1. The topological polar surface area (TPSA) is 97.4 Å². The maximum Gasteiger partial charge on any atom is 0.251 e. The predicted octanol–water partition coefficient (Wildman–Crippen LogP) is 4.32. The standard InChI is InChI=1S/C37H55N5O4/c1-21-24(12-11-13-29(21)25-14-26(35(44)38-6)16-28(15-25)41(9)10)19-42-34(33(23(3)43)32(46-42)20-40(7)8)36(45)39-31-18-27-17-30(22(31)2)37(27,4)5/h11-16,22-23,27,30-34,43H,17-20H2,1-10H3,(H,38,44)(H,39,45)/t22-,23-,27+,30-,31-,32-,33+,34-/m0/s1. The van der Waals surface area contributed by atoms with Crippen molar-refractivity contribution in [3.63, 3.8) is 0 Å². The summed E-state index contributed by atoms with van der Waals surface area (Å²) >= 11 is 0. The third-order valence-electron chi connectivity index (χ3n) is 11.4. The molecule has 4 aliphatic rings.